The van der Waals surface area contributed by atoms with Crippen LogP contribution < -0.4 is 10.5 Å². The molecule has 4 N–H and O–H groups in total. The summed E-state index contributed by atoms with van der Waals surface area (Å²) < 4.78 is 25.4. The van der Waals surface area contributed by atoms with Crippen molar-refractivity contribution in [2.75, 3.05) is 12.3 Å². The van der Waals surface area contributed by atoms with Crippen molar-refractivity contribution in [2.45, 2.75) is 38.1 Å². The van der Waals surface area contributed by atoms with Gasteiger partial charge in [-0.3, -0.25) is 0 Å². The van der Waals surface area contributed by atoms with E-state index in [0.717, 1.165) is 25.7 Å². The highest BCUT2D eigenvalue weighted by molar-refractivity contribution is 7.89. The summed E-state index contributed by atoms with van der Waals surface area (Å²) in [7, 11) is -3.04. The molecule has 13 heavy (non-hydrogen) atoms. The molecule has 0 unspecified atom stereocenters. The Morgan fingerprint density at radius 3 is 2.38 bits per heavy atom. The monoisotopic (exact) mass is 207 g/mol. The van der Waals surface area contributed by atoms with Crippen LogP contribution in [-0.2, 0) is 10.0 Å². The first kappa shape index (κ1) is 10.9. The zero-order chi connectivity index (χ0) is 9.73. The van der Waals surface area contributed by atoms with Crippen molar-refractivity contribution >= 4 is 10.0 Å². The minimum atomic E-state index is -3.04. The van der Waals surface area contributed by atoms with E-state index in [9.17, 15) is 8.42 Å². The molecule has 78 valence electrons. The molecule has 5 heteroatoms. The second-order valence-electron chi connectivity index (χ2n) is 3.63. The van der Waals surface area contributed by atoms with Crippen LogP contribution in [0.5, 0.6) is 0 Å². The average molecular weight is 207 g/mol. The van der Waals surface area contributed by atoms with Gasteiger partial charge in [-0.1, -0.05) is 19.3 Å². The number of rotatable bonds is 4. The maximum Gasteiger partial charge on any atom is 0.217 e. The summed E-state index contributed by atoms with van der Waals surface area (Å²) in [6.07, 6.45) is 5.54. The highest BCUT2D eigenvalue weighted by Gasteiger charge is 2.19. The molecule has 1 saturated carbocycles. The third kappa shape index (κ3) is 4.06. The van der Waals surface area contributed by atoms with E-state index < -0.39 is 10.0 Å². The van der Waals surface area contributed by atoms with Crippen molar-refractivity contribution in [2.24, 2.45) is 0 Å². The number of sulfonamides is 1. The molecular weight excluding hydrogens is 188 g/mol. The van der Waals surface area contributed by atoms with Gasteiger partial charge in [0, 0.05) is 6.04 Å². The molecular formula is C8H19N2O2S+. The van der Waals surface area contributed by atoms with E-state index in [-0.39, 0.29) is 11.8 Å². The molecule has 0 aliphatic heterocycles. The van der Waals surface area contributed by atoms with Crippen LogP contribution in [0.25, 0.3) is 0 Å². The topological polar surface area (TPSA) is 73.8 Å². The second-order valence-corrected chi connectivity index (χ2v) is 5.50. The van der Waals surface area contributed by atoms with Gasteiger partial charge in [0.05, 0.1) is 6.54 Å². The fourth-order valence-electron chi connectivity index (χ4n) is 1.72. The predicted octanol–water partition coefficient (Wildman–Crippen LogP) is -0.520. The minimum absolute atomic E-state index is 0.156. The molecule has 1 rings (SSSR count). The van der Waals surface area contributed by atoms with E-state index in [1.165, 1.54) is 6.42 Å². The van der Waals surface area contributed by atoms with Gasteiger partial charge in [0.15, 0.2) is 0 Å². The lowest BCUT2D eigenvalue weighted by Crippen LogP contribution is -2.54. The molecule has 0 aromatic rings. The molecule has 1 aliphatic rings. The molecule has 0 spiro atoms. The van der Waals surface area contributed by atoms with Gasteiger partial charge < -0.3 is 5.73 Å². The Labute approximate surface area is 79.9 Å². The Morgan fingerprint density at radius 2 is 1.85 bits per heavy atom. The van der Waals surface area contributed by atoms with Gasteiger partial charge in [-0.05, 0) is 12.8 Å². The predicted molar refractivity (Wildman–Crippen MR) is 51.6 cm³/mol. The first-order valence-electron chi connectivity index (χ1n) is 4.93. The third-order valence-electron chi connectivity index (χ3n) is 2.36. The van der Waals surface area contributed by atoms with Crippen LogP contribution in [0.4, 0.5) is 0 Å². The molecule has 0 heterocycles. The van der Waals surface area contributed by atoms with E-state index in [1.807, 2.05) is 0 Å². The van der Waals surface area contributed by atoms with E-state index >= 15 is 0 Å². The van der Waals surface area contributed by atoms with E-state index in [4.69, 9.17) is 0 Å². The van der Waals surface area contributed by atoms with Gasteiger partial charge in [0.25, 0.3) is 0 Å². The first-order valence-corrected chi connectivity index (χ1v) is 6.58. The van der Waals surface area contributed by atoms with Crippen LogP contribution in [0.15, 0.2) is 0 Å². The standard InChI is InChI=1S/C8H18N2O2S/c9-6-7-13(11,12)10-8-4-2-1-3-5-8/h8,10H,1-7,9H2/p+1. The normalized spacial score (nSPS) is 20.4. The summed E-state index contributed by atoms with van der Waals surface area (Å²) in [4.78, 5) is 0. The summed E-state index contributed by atoms with van der Waals surface area (Å²) in [6.45, 7) is 0.446. The average Bonchev–Trinajstić information content (AvgIpc) is 2.04. The van der Waals surface area contributed by atoms with Gasteiger partial charge in [-0.25, -0.2) is 13.1 Å². The van der Waals surface area contributed by atoms with Crippen LogP contribution in [0.2, 0.25) is 0 Å². The lowest BCUT2D eigenvalue weighted by molar-refractivity contribution is -0.360. The highest BCUT2D eigenvalue weighted by atomic mass is 32.2. The second kappa shape index (κ2) is 4.93. The lowest BCUT2D eigenvalue weighted by atomic mass is 9.96. The zero-order valence-corrected chi connectivity index (χ0v) is 8.78. The number of hydrogen-bond acceptors (Lipinski definition) is 2. The summed E-state index contributed by atoms with van der Waals surface area (Å²) >= 11 is 0. The number of nitrogens with one attached hydrogen (secondary N) is 1. The van der Waals surface area contributed by atoms with Crippen molar-refractivity contribution in [1.82, 2.24) is 4.72 Å². The molecule has 0 saturated heterocycles. The molecule has 0 radical (unpaired) electrons. The molecule has 1 fully saturated rings. The van der Waals surface area contributed by atoms with Gasteiger partial charge in [0.1, 0.15) is 5.75 Å². The fraction of sp³-hybridized carbons (Fsp3) is 1.00. The molecule has 0 bridgehead atoms. The highest BCUT2D eigenvalue weighted by Crippen LogP contribution is 2.17. The van der Waals surface area contributed by atoms with Crippen molar-refractivity contribution < 1.29 is 14.2 Å². The van der Waals surface area contributed by atoms with E-state index in [1.54, 1.807) is 0 Å². The largest absolute Gasteiger partial charge is 0.357 e. The molecule has 0 atom stereocenters. The molecule has 4 nitrogen and oxygen atoms in total. The first-order chi connectivity index (χ1) is 6.14. The maximum atomic E-state index is 11.3. The van der Waals surface area contributed by atoms with Crippen molar-refractivity contribution in [3.8, 4) is 0 Å². The van der Waals surface area contributed by atoms with Crippen molar-refractivity contribution in [1.29, 1.82) is 0 Å². The van der Waals surface area contributed by atoms with Gasteiger partial charge in [-0.2, -0.15) is 0 Å². The quantitative estimate of drug-likeness (QED) is 0.651. The Kier molecular flexibility index (Phi) is 4.15. The molecule has 1 aliphatic carbocycles. The number of quaternary nitrogens is 1. The zero-order valence-electron chi connectivity index (χ0n) is 7.96. The summed E-state index contributed by atoms with van der Waals surface area (Å²) in [5.41, 5.74) is 3.54. The Morgan fingerprint density at radius 1 is 1.23 bits per heavy atom. The Balaban J connectivity index is 2.37. The van der Waals surface area contributed by atoms with Gasteiger partial charge in [0.2, 0.25) is 10.0 Å². The smallest absolute Gasteiger partial charge is 0.217 e. The van der Waals surface area contributed by atoms with E-state index in [2.05, 4.69) is 10.5 Å². The summed E-state index contributed by atoms with van der Waals surface area (Å²) in [6, 6.07) is 0.185. The van der Waals surface area contributed by atoms with Crippen LogP contribution in [-0.4, -0.2) is 26.8 Å². The van der Waals surface area contributed by atoms with Gasteiger partial charge in [-0.15, -0.1) is 0 Å². The molecule has 0 amide bonds. The number of hydrogen-bond donors (Lipinski definition) is 2. The Hall–Kier alpha value is -0.130. The summed E-state index contributed by atoms with van der Waals surface area (Å²) in [5, 5.41) is 0. The van der Waals surface area contributed by atoms with Crippen LogP contribution in [0, 0.1) is 0 Å². The van der Waals surface area contributed by atoms with Crippen LogP contribution in [0.1, 0.15) is 32.1 Å². The lowest BCUT2D eigenvalue weighted by Gasteiger charge is -2.22. The molecule has 0 aromatic heterocycles. The SMILES string of the molecule is [NH3+]CCS(=O)(=O)NC1CCCCC1. The Bertz CT molecular complexity index is 233. The summed E-state index contributed by atoms with van der Waals surface area (Å²) in [5.74, 6) is 0.156. The maximum absolute atomic E-state index is 11.3. The van der Waals surface area contributed by atoms with Crippen molar-refractivity contribution in [3.05, 3.63) is 0 Å². The molecule has 0 aromatic carbocycles. The van der Waals surface area contributed by atoms with Crippen LogP contribution >= 0.6 is 0 Å². The fourth-order valence-corrected chi connectivity index (χ4v) is 2.96. The van der Waals surface area contributed by atoms with Gasteiger partial charge >= 0.3 is 0 Å². The minimum Gasteiger partial charge on any atom is -0.357 e. The van der Waals surface area contributed by atoms with Crippen LogP contribution in [0.3, 0.4) is 0 Å². The van der Waals surface area contributed by atoms with Crippen molar-refractivity contribution in [3.63, 3.8) is 0 Å². The van der Waals surface area contributed by atoms with E-state index in [0.29, 0.717) is 6.54 Å². The third-order valence-corrected chi connectivity index (χ3v) is 3.88.